The first kappa shape index (κ1) is 17.2. The van der Waals surface area contributed by atoms with Gasteiger partial charge in [0.05, 0.1) is 17.4 Å². The number of aromatic nitrogens is 2. The van der Waals surface area contributed by atoms with Gasteiger partial charge in [0.25, 0.3) is 0 Å². The number of benzene rings is 1. The first-order valence-electron chi connectivity index (χ1n) is 8.75. The molecule has 0 saturated heterocycles. The zero-order valence-electron chi connectivity index (χ0n) is 15.3. The Morgan fingerprint density at radius 1 is 1.16 bits per heavy atom. The second-order valence-corrected chi connectivity index (χ2v) is 6.68. The molecule has 3 nitrogen and oxygen atoms in total. The Kier molecular flexibility index (Phi) is 4.84. The van der Waals surface area contributed by atoms with Gasteiger partial charge in [0.2, 0.25) is 0 Å². The molecule has 0 fully saturated rings. The highest BCUT2D eigenvalue weighted by Crippen LogP contribution is 2.25. The molecule has 0 aliphatic carbocycles. The van der Waals surface area contributed by atoms with Gasteiger partial charge in [0, 0.05) is 30.0 Å². The number of fused-ring (bicyclic) bond motifs is 1. The van der Waals surface area contributed by atoms with E-state index in [1.165, 1.54) is 11.1 Å². The minimum absolute atomic E-state index is 0.183. The van der Waals surface area contributed by atoms with Crippen LogP contribution < -0.4 is 0 Å². The van der Waals surface area contributed by atoms with Gasteiger partial charge < -0.3 is 4.40 Å². The molecule has 1 aromatic carbocycles. The summed E-state index contributed by atoms with van der Waals surface area (Å²) in [5, 5.41) is 0. The van der Waals surface area contributed by atoms with Crippen molar-refractivity contribution in [1.29, 1.82) is 0 Å². The van der Waals surface area contributed by atoms with Crippen LogP contribution in [0.3, 0.4) is 0 Å². The van der Waals surface area contributed by atoms with E-state index in [0.717, 1.165) is 34.3 Å². The van der Waals surface area contributed by atoms with Crippen LogP contribution in [0, 0.1) is 20.8 Å². The lowest BCUT2D eigenvalue weighted by molar-refractivity contribution is -0.113. The maximum absolute atomic E-state index is 12.8. The van der Waals surface area contributed by atoms with Crippen molar-refractivity contribution in [3.63, 3.8) is 0 Å². The number of carbonyl (C=O) groups excluding carboxylic acids is 1. The monoisotopic (exact) mass is 332 g/mol. The lowest BCUT2D eigenvalue weighted by Gasteiger charge is -2.07. The lowest BCUT2D eigenvalue weighted by Crippen LogP contribution is -2.01. The van der Waals surface area contributed by atoms with Crippen LogP contribution in [0.5, 0.6) is 0 Å². The molecule has 0 unspecified atom stereocenters. The van der Waals surface area contributed by atoms with Gasteiger partial charge in [-0.05, 0) is 50.5 Å². The van der Waals surface area contributed by atoms with Crippen LogP contribution in [0.15, 0.2) is 42.9 Å². The average molecular weight is 332 g/mol. The second kappa shape index (κ2) is 7.06. The van der Waals surface area contributed by atoms with E-state index in [4.69, 9.17) is 0 Å². The van der Waals surface area contributed by atoms with E-state index < -0.39 is 0 Å². The van der Waals surface area contributed by atoms with E-state index in [9.17, 15) is 4.79 Å². The number of carbonyl (C=O) groups is 1. The van der Waals surface area contributed by atoms with Crippen LogP contribution in [0.25, 0.3) is 17.2 Å². The maximum atomic E-state index is 12.8. The molecule has 0 N–H and O–H groups in total. The molecular formula is C22H24N2O. The van der Waals surface area contributed by atoms with Gasteiger partial charge in [-0.15, -0.1) is 0 Å². The van der Waals surface area contributed by atoms with E-state index in [0.29, 0.717) is 6.42 Å². The predicted molar refractivity (Wildman–Crippen MR) is 104 cm³/mol. The Bertz CT molecular complexity index is 963. The number of nitrogens with zero attached hydrogens (tertiary/aromatic N) is 2. The van der Waals surface area contributed by atoms with E-state index in [1.807, 2.05) is 49.0 Å². The number of hydrogen-bond acceptors (Lipinski definition) is 2. The summed E-state index contributed by atoms with van der Waals surface area (Å²) >= 11 is 0. The normalized spacial score (nSPS) is 11.9. The quantitative estimate of drug-likeness (QED) is 0.604. The molecule has 25 heavy (non-hydrogen) atoms. The maximum Gasteiger partial charge on any atom is 0.163 e. The molecule has 0 amide bonds. The largest absolute Gasteiger partial charge is 0.320 e. The summed E-state index contributed by atoms with van der Waals surface area (Å²) in [5.74, 6) is 0.183. The SMILES string of the molecule is CCCC(=O)/C(=C\c1ccc(C)cc1C)c1cc2cnc(C)cn2c1. The molecule has 2 heterocycles. The summed E-state index contributed by atoms with van der Waals surface area (Å²) in [6.45, 7) is 8.17. The van der Waals surface area contributed by atoms with Crippen molar-refractivity contribution in [3.8, 4) is 0 Å². The highest BCUT2D eigenvalue weighted by molar-refractivity contribution is 6.25. The molecule has 3 rings (SSSR count). The standard InChI is InChI=1S/C22H24N2O/c1-5-6-22(25)21(11-18-8-7-15(2)9-16(18)3)19-10-20-12-23-17(4)13-24(20)14-19/h7-14H,5-6H2,1-4H3/b21-11-. The Hall–Kier alpha value is -2.68. The van der Waals surface area contributed by atoms with Gasteiger partial charge in [-0.25, -0.2) is 0 Å². The Labute approximate surface area is 149 Å². The number of Topliss-reactive ketones (excluding diaryl/α,β-unsaturated/α-hetero) is 1. The van der Waals surface area contributed by atoms with E-state index in [1.54, 1.807) is 0 Å². The molecule has 0 aliphatic rings. The second-order valence-electron chi connectivity index (χ2n) is 6.68. The van der Waals surface area contributed by atoms with Gasteiger partial charge in [-0.1, -0.05) is 30.7 Å². The van der Waals surface area contributed by atoms with Crippen LogP contribution in [0.2, 0.25) is 0 Å². The number of aryl methyl sites for hydroxylation is 3. The molecule has 0 aliphatic heterocycles. The minimum atomic E-state index is 0.183. The van der Waals surface area contributed by atoms with E-state index in [-0.39, 0.29) is 5.78 Å². The third-order valence-corrected chi connectivity index (χ3v) is 4.42. The molecule has 0 saturated carbocycles. The molecule has 0 bridgehead atoms. The van der Waals surface area contributed by atoms with Crippen LogP contribution in [-0.4, -0.2) is 15.2 Å². The average Bonchev–Trinajstić information content (AvgIpc) is 2.96. The van der Waals surface area contributed by atoms with Crippen LogP contribution >= 0.6 is 0 Å². The van der Waals surface area contributed by atoms with Crippen LogP contribution in [0.4, 0.5) is 0 Å². The number of rotatable bonds is 5. The fourth-order valence-corrected chi connectivity index (χ4v) is 3.09. The fourth-order valence-electron chi connectivity index (χ4n) is 3.09. The minimum Gasteiger partial charge on any atom is -0.320 e. The summed E-state index contributed by atoms with van der Waals surface area (Å²) in [7, 11) is 0. The first-order valence-corrected chi connectivity index (χ1v) is 8.75. The molecule has 0 radical (unpaired) electrons. The van der Waals surface area contributed by atoms with Gasteiger partial charge >= 0.3 is 0 Å². The topological polar surface area (TPSA) is 34.4 Å². The molecule has 0 spiro atoms. The molecule has 0 atom stereocenters. The number of ketones is 1. The Morgan fingerprint density at radius 2 is 1.96 bits per heavy atom. The van der Waals surface area contributed by atoms with E-state index >= 15 is 0 Å². The smallest absolute Gasteiger partial charge is 0.163 e. The van der Waals surface area contributed by atoms with Crippen LogP contribution in [-0.2, 0) is 4.79 Å². The zero-order valence-corrected chi connectivity index (χ0v) is 15.3. The third-order valence-electron chi connectivity index (χ3n) is 4.42. The van der Waals surface area contributed by atoms with Crippen LogP contribution in [0.1, 0.15) is 47.7 Å². The van der Waals surface area contributed by atoms with Gasteiger partial charge in [-0.2, -0.15) is 0 Å². The van der Waals surface area contributed by atoms with Gasteiger partial charge in [0.15, 0.2) is 5.78 Å². The molecule has 3 heteroatoms. The van der Waals surface area contributed by atoms with Crippen molar-refractivity contribution in [3.05, 3.63) is 70.8 Å². The Morgan fingerprint density at radius 3 is 2.68 bits per heavy atom. The van der Waals surface area contributed by atoms with Crippen molar-refractivity contribution < 1.29 is 4.79 Å². The third kappa shape index (κ3) is 3.71. The summed E-state index contributed by atoms with van der Waals surface area (Å²) in [6.07, 6.45) is 9.28. The van der Waals surface area contributed by atoms with Crippen molar-refractivity contribution in [2.24, 2.45) is 0 Å². The van der Waals surface area contributed by atoms with Crippen molar-refractivity contribution in [2.75, 3.05) is 0 Å². The number of hydrogen-bond donors (Lipinski definition) is 0. The molecule has 3 aromatic rings. The fraction of sp³-hybridized carbons (Fsp3) is 0.273. The summed E-state index contributed by atoms with van der Waals surface area (Å²) in [5.41, 5.74) is 7.18. The zero-order chi connectivity index (χ0) is 18.0. The summed E-state index contributed by atoms with van der Waals surface area (Å²) in [4.78, 5) is 17.1. The Balaban J connectivity index is 2.13. The summed E-state index contributed by atoms with van der Waals surface area (Å²) in [6, 6.07) is 8.36. The van der Waals surface area contributed by atoms with Crippen molar-refractivity contribution in [2.45, 2.75) is 40.5 Å². The van der Waals surface area contributed by atoms with Gasteiger partial charge in [-0.3, -0.25) is 9.78 Å². The van der Waals surface area contributed by atoms with E-state index in [2.05, 4.69) is 37.0 Å². The highest BCUT2D eigenvalue weighted by Gasteiger charge is 2.14. The lowest BCUT2D eigenvalue weighted by atomic mass is 9.96. The van der Waals surface area contributed by atoms with Gasteiger partial charge in [0.1, 0.15) is 0 Å². The highest BCUT2D eigenvalue weighted by atomic mass is 16.1. The van der Waals surface area contributed by atoms with Crippen molar-refractivity contribution in [1.82, 2.24) is 9.38 Å². The first-order chi connectivity index (χ1) is 12.0. The molecule has 2 aromatic heterocycles. The summed E-state index contributed by atoms with van der Waals surface area (Å²) < 4.78 is 2.03. The van der Waals surface area contributed by atoms with Crippen molar-refractivity contribution >= 4 is 22.9 Å². The molecular weight excluding hydrogens is 308 g/mol. The predicted octanol–water partition coefficient (Wildman–Crippen LogP) is 5.17. The molecule has 128 valence electrons. The number of allylic oxidation sites excluding steroid dienone is 1.